The Morgan fingerprint density at radius 3 is 2.11 bits per heavy atom. The molecule has 0 aliphatic heterocycles. The topological polar surface area (TPSA) is 46.2 Å². The monoisotopic (exact) mass is 375 g/mol. The van der Waals surface area contributed by atoms with Crippen molar-refractivity contribution in [3.63, 3.8) is 0 Å². The molecular formula is C23H18ClNO2. The summed E-state index contributed by atoms with van der Waals surface area (Å²) in [4.78, 5) is 26.0. The van der Waals surface area contributed by atoms with Crippen LogP contribution < -0.4 is 5.32 Å². The minimum Gasteiger partial charge on any atom is -0.325 e. The number of carbonyl (C=O) groups excluding carboxylic acids is 2. The van der Waals surface area contributed by atoms with Crippen molar-refractivity contribution >= 4 is 29.0 Å². The fourth-order valence-electron chi connectivity index (χ4n) is 3.33. The molecule has 3 nitrogen and oxygen atoms in total. The molecule has 4 heteroatoms. The van der Waals surface area contributed by atoms with E-state index in [1.54, 1.807) is 30.3 Å². The van der Waals surface area contributed by atoms with Crippen molar-refractivity contribution in [2.24, 2.45) is 0 Å². The average Bonchev–Trinajstić information content (AvgIpc) is 3.52. The minimum absolute atomic E-state index is 0.0851. The van der Waals surface area contributed by atoms with Crippen LogP contribution in [0.25, 0.3) is 0 Å². The van der Waals surface area contributed by atoms with Crippen molar-refractivity contribution in [1.29, 1.82) is 0 Å². The van der Waals surface area contributed by atoms with Gasteiger partial charge in [0.25, 0.3) is 0 Å². The van der Waals surface area contributed by atoms with Crippen LogP contribution in [0.2, 0.25) is 5.02 Å². The molecule has 1 aliphatic rings. The van der Waals surface area contributed by atoms with E-state index in [-0.39, 0.29) is 11.7 Å². The van der Waals surface area contributed by atoms with Crippen LogP contribution >= 0.6 is 11.6 Å². The minimum atomic E-state index is -0.506. The molecule has 0 aromatic heterocycles. The average molecular weight is 376 g/mol. The first-order valence-electron chi connectivity index (χ1n) is 8.86. The highest BCUT2D eigenvalue weighted by molar-refractivity contribution is 6.31. The van der Waals surface area contributed by atoms with Gasteiger partial charge in [0.2, 0.25) is 5.91 Å². The van der Waals surface area contributed by atoms with Gasteiger partial charge in [0.05, 0.1) is 11.1 Å². The van der Waals surface area contributed by atoms with Crippen LogP contribution in [-0.4, -0.2) is 11.7 Å². The Bertz CT molecular complexity index is 995. The van der Waals surface area contributed by atoms with E-state index < -0.39 is 5.41 Å². The van der Waals surface area contributed by atoms with Crippen molar-refractivity contribution in [2.45, 2.75) is 18.3 Å². The van der Waals surface area contributed by atoms with Crippen molar-refractivity contribution in [3.05, 3.63) is 101 Å². The number of benzene rings is 3. The summed E-state index contributed by atoms with van der Waals surface area (Å²) in [6, 6.07) is 23.7. The van der Waals surface area contributed by atoms with Crippen LogP contribution in [0, 0.1) is 0 Å². The normalized spacial score (nSPS) is 14.4. The lowest BCUT2D eigenvalue weighted by molar-refractivity contribution is -0.118. The summed E-state index contributed by atoms with van der Waals surface area (Å²) in [5.74, 6) is -0.254. The molecule has 0 saturated heterocycles. The third-order valence-corrected chi connectivity index (χ3v) is 5.26. The Labute approximate surface area is 163 Å². The molecule has 0 bridgehead atoms. The number of rotatable bonds is 5. The van der Waals surface area contributed by atoms with Crippen LogP contribution in [0.3, 0.4) is 0 Å². The Kier molecular flexibility index (Phi) is 4.54. The number of ketones is 1. The highest BCUT2D eigenvalue weighted by Gasteiger charge is 2.51. The van der Waals surface area contributed by atoms with Crippen molar-refractivity contribution < 1.29 is 9.59 Å². The van der Waals surface area contributed by atoms with E-state index in [0.717, 1.165) is 18.4 Å². The molecule has 1 fully saturated rings. The van der Waals surface area contributed by atoms with Gasteiger partial charge in [-0.05, 0) is 36.6 Å². The van der Waals surface area contributed by atoms with E-state index in [1.807, 2.05) is 48.5 Å². The number of halogens is 1. The molecule has 0 heterocycles. The lowest BCUT2D eigenvalue weighted by atomic mass is 9.94. The predicted molar refractivity (Wildman–Crippen MR) is 107 cm³/mol. The zero-order chi connectivity index (χ0) is 18.9. The molecule has 1 amide bonds. The van der Waals surface area contributed by atoms with Gasteiger partial charge in [0, 0.05) is 16.1 Å². The first-order chi connectivity index (χ1) is 13.1. The standard InChI is InChI=1S/C23H18ClNO2/c24-18-11-12-20(19(15-18)21(26)16-7-3-1-4-8-16)25-22(27)23(13-14-23)17-9-5-2-6-10-17/h1-12,15H,13-14H2,(H,25,27). The Hall–Kier alpha value is -2.91. The molecule has 3 aromatic rings. The Morgan fingerprint density at radius 1 is 0.852 bits per heavy atom. The van der Waals surface area contributed by atoms with E-state index in [4.69, 9.17) is 11.6 Å². The van der Waals surface area contributed by atoms with Crippen LogP contribution in [0.5, 0.6) is 0 Å². The van der Waals surface area contributed by atoms with E-state index in [0.29, 0.717) is 21.8 Å². The third kappa shape index (κ3) is 3.38. The molecular weight excluding hydrogens is 358 g/mol. The molecule has 4 rings (SSSR count). The summed E-state index contributed by atoms with van der Waals surface area (Å²) < 4.78 is 0. The van der Waals surface area contributed by atoms with E-state index in [2.05, 4.69) is 5.32 Å². The third-order valence-electron chi connectivity index (χ3n) is 5.02. The second-order valence-corrected chi connectivity index (χ2v) is 7.22. The molecule has 134 valence electrons. The Balaban J connectivity index is 1.65. The molecule has 0 unspecified atom stereocenters. The highest BCUT2D eigenvalue weighted by Crippen LogP contribution is 2.49. The highest BCUT2D eigenvalue weighted by atomic mass is 35.5. The van der Waals surface area contributed by atoms with Crippen molar-refractivity contribution in [2.75, 3.05) is 5.32 Å². The smallest absolute Gasteiger partial charge is 0.235 e. The quantitative estimate of drug-likeness (QED) is 0.620. The molecule has 3 aromatic carbocycles. The summed E-state index contributed by atoms with van der Waals surface area (Å²) in [5, 5.41) is 3.43. The maximum Gasteiger partial charge on any atom is 0.235 e. The number of anilines is 1. The van der Waals surface area contributed by atoms with E-state index in [1.165, 1.54) is 0 Å². The molecule has 0 atom stereocenters. The molecule has 1 N–H and O–H groups in total. The van der Waals surface area contributed by atoms with Gasteiger partial charge in [0.1, 0.15) is 0 Å². The van der Waals surface area contributed by atoms with Gasteiger partial charge < -0.3 is 5.32 Å². The number of carbonyl (C=O) groups is 2. The van der Waals surface area contributed by atoms with Crippen molar-refractivity contribution in [1.82, 2.24) is 0 Å². The summed E-state index contributed by atoms with van der Waals surface area (Å²) in [6.45, 7) is 0. The second-order valence-electron chi connectivity index (χ2n) is 6.79. The molecule has 0 spiro atoms. The number of hydrogen-bond acceptors (Lipinski definition) is 2. The van der Waals surface area contributed by atoms with Gasteiger partial charge in [-0.1, -0.05) is 72.3 Å². The largest absolute Gasteiger partial charge is 0.325 e. The van der Waals surface area contributed by atoms with E-state index >= 15 is 0 Å². The zero-order valence-corrected chi connectivity index (χ0v) is 15.4. The first-order valence-corrected chi connectivity index (χ1v) is 9.24. The summed E-state index contributed by atoms with van der Waals surface area (Å²) in [6.07, 6.45) is 1.61. The second kappa shape index (κ2) is 7.01. The van der Waals surface area contributed by atoms with Crippen LogP contribution in [0.1, 0.15) is 34.3 Å². The fourth-order valence-corrected chi connectivity index (χ4v) is 3.50. The number of amides is 1. The zero-order valence-electron chi connectivity index (χ0n) is 14.6. The maximum absolute atomic E-state index is 13.0. The van der Waals surface area contributed by atoms with Gasteiger partial charge >= 0.3 is 0 Å². The van der Waals surface area contributed by atoms with Gasteiger partial charge in [-0.3, -0.25) is 9.59 Å². The Morgan fingerprint density at radius 2 is 1.48 bits per heavy atom. The summed E-state index contributed by atoms with van der Waals surface area (Å²) >= 11 is 6.12. The van der Waals surface area contributed by atoms with Crippen LogP contribution in [0.4, 0.5) is 5.69 Å². The predicted octanol–water partition coefficient (Wildman–Crippen LogP) is 5.24. The molecule has 0 radical (unpaired) electrons. The van der Waals surface area contributed by atoms with Gasteiger partial charge in [-0.25, -0.2) is 0 Å². The summed E-state index contributed by atoms with van der Waals surface area (Å²) in [5.41, 5.74) is 1.94. The lowest BCUT2D eigenvalue weighted by Crippen LogP contribution is -2.28. The van der Waals surface area contributed by atoms with Gasteiger partial charge in [-0.2, -0.15) is 0 Å². The first kappa shape index (κ1) is 17.5. The van der Waals surface area contributed by atoms with Gasteiger partial charge in [-0.15, -0.1) is 0 Å². The van der Waals surface area contributed by atoms with Crippen LogP contribution in [0.15, 0.2) is 78.9 Å². The van der Waals surface area contributed by atoms with E-state index in [9.17, 15) is 9.59 Å². The van der Waals surface area contributed by atoms with Gasteiger partial charge in [0.15, 0.2) is 5.78 Å². The number of hydrogen-bond donors (Lipinski definition) is 1. The molecule has 27 heavy (non-hydrogen) atoms. The van der Waals surface area contributed by atoms with Crippen LogP contribution in [-0.2, 0) is 10.2 Å². The SMILES string of the molecule is O=C(c1ccccc1)c1cc(Cl)ccc1NC(=O)C1(c2ccccc2)CC1. The maximum atomic E-state index is 13.0. The van der Waals surface area contributed by atoms with Crippen molar-refractivity contribution in [3.8, 4) is 0 Å². The molecule has 1 aliphatic carbocycles. The molecule has 1 saturated carbocycles. The lowest BCUT2D eigenvalue weighted by Gasteiger charge is -2.17. The fraction of sp³-hybridized carbons (Fsp3) is 0.130. The number of nitrogens with one attached hydrogen (secondary N) is 1. The summed E-state index contributed by atoms with van der Waals surface area (Å²) in [7, 11) is 0.